The first-order chi connectivity index (χ1) is 19.7. The smallest absolute Gasteiger partial charge is 0.301 e. The van der Waals surface area contributed by atoms with Crippen LogP contribution in [-0.4, -0.2) is 49.2 Å². The minimum atomic E-state index is -1.11. The van der Waals surface area contributed by atoms with E-state index in [1.54, 1.807) is 30.3 Å². The van der Waals surface area contributed by atoms with E-state index >= 15 is 0 Å². The predicted octanol–water partition coefficient (Wildman–Crippen LogP) is 5.41. The number of anilines is 1. The number of fused-ring (bicyclic) bond motifs is 2. The van der Waals surface area contributed by atoms with E-state index in [-0.39, 0.29) is 22.6 Å². The Balaban J connectivity index is 1.59. The summed E-state index contributed by atoms with van der Waals surface area (Å²) in [6.07, 6.45) is 0.625. The zero-order chi connectivity index (χ0) is 29.0. The van der Waals surface area contributed by atoms with E-state index in [1.807, 2.05) is 6.92 Å². The summed E-state index contributed by atoms with van der Waals surface area (Å²) in [6, 6.07) is 11.3. The van der Waals surface area contributed by atoms with Gasteiger partial charge in [-0.15, -0.1) is 0 Å². The molecule has 0 aliphatic carbocycles. The normalized spacial score (nSPS) is 19.4. The summed E-state index contributed by atoms with van der Waals surface area (Å²) < 4.78 is 36.8. The molecule has 41 heavy (non-hydrogen) atoms. The number of hydrogen-bond donors (Lipinski definition) is 1. The highest BCUT2D eigenvalue weighted by atomic mass is 32.1. The maximum Gasteiger partial charge on any atom is 0.301 e. The number of aliphatic hydroxyl groups excluding tert-OH is 1. The third-order valence-corrected chi connectivity index (χ3v) is 8.18. The van der Waals surface area contributed by atoms with Crippen molar-refractivity contribution in [2.45, 2.75) is 25.5 Å². The molecule has 2 atom stereocenters. The molecule has 9 nitrogen and oxygen atoms in total. The molecule has 2 aliphatic rings. The van der Waals surface area contributed by atoms with Crippen molar-refractivity contribution < 1.29 is 38.0 Å². The zero-order valence-corrected chi connectivity index (χ0v) is 23.4. The van der Waals surface area contributed by atoms with Gasteiger partial charge in [-0.05, 0) is 66.6 Å². The van der Waals surface area contributed by atoms with Crippen LogP contribution in [-0.2, 0) is 16.0 Å². The quantitative estimate of drug-likeness (QED) is 0.185. The van der Waals surface area contributed by atoms with Crippen LogP contribution in [0.4, 0.5) is 9.52 Å². The van der Waals surface area contributed by atoms with Gasteiger partial charge in [0.25, 0.3) is 5.78 Å². The molecule has 1 N–H and O–H groups in total. The van der Waals surface area contributed by atoms with Crippen molar-refractivity contribution >= 4 is 44.1 Å². The lowest BCUT2D eigenvalue weighted by Gasteiger charge is -2.24. The van der Waals surface area contributed by atoms with Crippen molar-refractivity contribution in [2.75, 3.05) is 26.2 Å². The van der Waals surface area contributed by atoms with Crippen LogP contribution in [0.2, 0.25) is 0 Å². The van der Waals surface area contributed by atoms with Gasteiger partial charge in [-0.2, -0.15) is 0 Å². The Bertz CT molecular complexity index is 1740. The van der Waals surface area contributed by atoms with Crippen LogP contribution in [0.3, 0.4) is 0 Å². The van der Waals surface area contributed by atoms with Gasteiger partial charge in [0.2, 0.25) is 5.75 Å². The summed E-state index contributed by atoms with van der Waals surface area (Å²) in [5.74, 6) is -0.967. The molecular formula is C30H25FN2O7S. The molecule has 1 aromatic heterocycles. The average molecular weight is 577 g/mol. The number of carbonyl (C=O) groups excluding carboxylic acids is 2. The molecule has 0 unspecified atom stereocenters. The minimum Gasteiger partial charge on any atom is -0.507 e. The van der Waals surface area contributed by atoms with Crippen molar-refractivity contribution in [1.29, 1.82) is 0 Å². The van der Waals surface area contributed by atoms with E-state index in [9.17, 15) is 19.1 Å². The first-order valence-corrected chi connectivity index (χ1v) is 13.5. The predicted molar refractivity (Wildman–Crippen MR) is 151 cm³/mol. The number of amides is 1. The third-order valence-electron chi connectivity index (χ3n) is 7.16. The van der Waals surface area contributed by atoms with Crippen LogP contribution in [0.25, 0.3) is 16.0 Å². The summed E-state index contributed by atoms with van der Waals surface area (Å²) in [5, 5.41) is 11.8. The maximum absolute atomic E-state index is 14.0. The second-order valence-corrected chi connectivity index (χ2v) is 10.7. The summed E-state index contributed by atoms with van der Waals surface area (Å²) in [7, 11) is 4.37. The Hall–Kier alpha value is -4.64. The summed E-state index contributed by atoms with van der Waals surface area (Å²) >= 11 is 1.06. The number of benzene rings is 3. The number of methoxy groups -OCH3 is 3. The number of thiazole rings is 1. The van der Waals surface area contributed by atoms with Crippen molar-refractivity contribution in [2.24, 2.45) is 0 Å². The molecule has 1 fully saturated rings. The number of Topliss-reactive ketones (excluding diaryl/α,β-unsaturated/α-hetero) is 1. The number of hydrogen-bond acceptors (Lipinski definition) is 9. The fourth-order valence-electron chi connectivity index (χ4n) is 5.32. The first-order valence-electron chi connectivity index (χ1n) is 12.7. The number of carbonyl (C=O) groups is 2. The van der Waals surface area contributed by atoms with Gasteiger partial charge in [-0.1, -0.05) is 11.3 Å². The SMILES string of the molecule is COc1cc([C@H]2C(=C(O)c3ccc4c(c3)C[C@@H](C)O4)C(=O)C(=O)N2c2nc3ccc(F)cc3s2)cc(OC)c1OC. The van der Waals surface area contributed by atoms with Crippen LogP contribution >= 0.6 is 11.3 Å². The Morgan fingerprint density at radius 2 is 1.78 bits per heavy atom. The Morgan fingerprint density at radius 3 is 2.46 bits per heavy atom. The molecule has 4 aromatic rings. The molecule has 210 valence electrons. The number of ketones is 1. The third kappa shape index (κ3) is 4.33. The average Bonchev–Trinajstić information content (AvgIpc) is 3.63. The molecule has 3 aromatic carbocycles. The van der Waals surface area contributed by atoms with Gasteiger partial charge in [0.15, 0.2) is 16.6 Å². The highest BCUT2D eigenvalue weighted by Crippen LogP contribution is 2.48. The molecule has 1 amide bonds. The van der Waals surface area contributed by atoms with Gasteiger partial charge in [0.05, 0.1) is 43.2 Å². The van der Waals surface area contributed by atoms with Crippen LogP contribution < -0.4 is 23.8 Å². The minimum absolute atomic E-state index is 0.0175. The lowest BCUT2D eigenvalue weighted by molar-refractivity contribution is -0.132. The Kier molecular flexibility index (Phi) is 6.53. The number of aliphatic hydroxyl groups is 1. The fraction of sp³-hybridized carbons (Fsp3) is 0.233. The molecule has 0 spiro atoms. The first kappa shape index (κ1) is 26.6. The van der Waals surface area contributed by atoms with E-state index < -0.39 is 23.5 Å². The van der Waals surface area contributed by atoms with Crippen LogP contribution in [0.5, 0.6) is 23.0 Å². The van der Waals surface area contributed by atoms with Crippen LogP contribution in [0.15, 0.2) is 54.1 Å². The van der Waals surface area contributed by atoms with Gasteiger partial charge in [0.1, 0.15) is 23.4 Å². The fourth-order valence-corrected chi connectivity index (χ4v) is 6.34. The lowest BCUT2D eigenvalue weighted by Crippen LogP contribution is -2.29. The van der Waals surface area contributed by atoms with Crippen molar-refractivity contribution in [3.05, 3.63) is 76.6 Å². The molecule has 0 bridgehead atoms. The monoisotopic (exact) mass is 576 g/mol. The molecule has 1 saturated heterocycles. The number of aromatic nitrogens is 1. The highest BCUT2D eigenvalue weighted by molar-refractivity contribution is 7.22. The van der Waals surface area contributed by atoms with Crippen molar-refractivity contribution in [3.63, 3.8) is 0 Å². The summed E-state index contributed by atoms with van der Waals surface area (Å²) in [6.45, 7) is 1.94. The Morgan fingerprint density at radius 1 is 1.05 bits per heavy atom. The molecule has 2 aliphatic heterocycles. The van der Waals surface area contributed by atoms with Crippen LogP contribution in [0.1, 0.15) is 29.7 Å². The number of halogens is 1. The van der Waals surface area contributed by atoms with Crippen molar-refractivity contribution in [3.8, 4) is 23.0 Å². The van der Waals surface area contributed by atoms with Gasteiger partial charge < -0.3 is 24.1 Å². The second-order valence-electron chi connectivity index (χ2n) is 9.69. The maximum atomic E-state index is 14.0. The topological polar surface area (TPSA) is 107 Å². The van der Waals surface area contributed by atoms with Gasteiger partial charge in [0, 0.05) is 12.0 Å². The number of rotatable bonds is 6. The van der Waals surface area contributed by atoms with E-state index in [0.717, 1.165) is 16.9 Å². The number of ether oxygens (including phenoxy) is 4. The molecule has 0 radical (unpaired) electrons. The summed E-state index contributed by atoms with van der Waals surface area (Å²) in [4.78, 5) is 33.1. The highest BCUT2D eigenvalue weighted by Gasteiger charge is 2.48. The van der Waals surface area contributed by atoms with Crippen molar-refractivity contribution in [1.82, 2.24) is 4.98 Å². The molecule has 0 saturated carbocycles. The van der Waals surface area contributed by atoms with Gasteiger partial charge in [-0.25, -0.2) is 9.37 Å². The molecule has 3 heterocycles. The lowest BCUT2D eigenvalue weighted by atomic mass is 9.94. The number of nitrogens with zero attached hydrogens (tertiary/aromatic N) is 2. The van der Waals surface area contributed by atoms with E-state index in [2.05, 4.69) is 4.98 Å². The van der Waals surface area contributed by atoms with E-state index in [0.29, 0.717) is 50.8 Å². The van der Waals surface area contributed by atoms with E-state index in [4.69, 9.17) is 18.9 Å². The molecular weight excluding hydrogens is 551 g/mol. The summed E-state index contributed by atoms with van der Waals surface area (Å²) in [5.41, 5.74) is 1.98. The van der Waals surface area contributed by atoms with E-state index in [1.165, 1.54) is 44.4 Å². The van der Waals surface area contributed by atoms with Gasteiger partial charge >= 0.3 is 5.91 Å². The zero-order valence-electron chi connectivity index (χ0n) is 22.6. The second kappa shape index (κ2) is 10.1. The van der Waals surface area contributed by atoms with Crippen LogP contribution in [0, 0.1) is 5.82 Å². The van der Waals surface area contributed by atoms with Gasteiger partial charge in [-0.3, -0.25) is 14.5 Å². The standard InChI is InChI=1S/C30H25FN2O7S/c1-14-9-16-10-15(5-8-20(16)40-14)26(34)24-25(17-11-21(37-2)28(39-4)22(12-17)38-3)33(29(36)27(24)35)30-32-19-7-6-18(31)13-23(19)41-30/h5-8,10-14,25,34H,9H2,1-4H3/t14-,25+/m1/s1. The molecule has 6 rings (SSSR count). The Labute approximate surface area is 238 Å². The molecule has 11 heteroatoms. The largest absolute Gasteiger partial charge is 0.507 e.